The molecule has 2 unspecified atom stereocenters. The molecular formula is C27H28F2N6O3. The fraction of sp³-hybridized carbons (Fsp3) is 0.370. The van der Waals surface area contributed by atoms with Gasteiger partial charge in [-0.05, 0) is 69.3 Å². The lowest BCUT2D eigenvalue weighted by atomic mass is 10.0. The third-order valence-corrected chi connectivity index (χ3v) is 7.42. The number of likely N-dealkylation sites (tertiary alicyclic amines) is 1. The van der Waals surface area contributed by atoms with Gasteiger partial charge in [-0.3, -0.25) is 10.00 Å². The SMILES string of the molecule is CC(Oc1ccc2[nH]nc(-c3nc4c(n3C3CCCN(C)C3)CN(C(=O)O)C4)c2c1)c1cc(F)cc(F)c1. The zero-order valence-electron chi connectivity index (χ0n) is 21.1. The minimum atomic E-state index is -0.962. The Bertz CT molecular complexity index is 1510. The molecule has 9 nitrogen and oxygen atoms in total. The van der Waals surface area contributed by atoms with Crippen molar-refractivity contribution in [2.45, 2.75) is 45.0 Å². The minimum absolute atomic E-state index is 0.142. The Morgan fingerprint density at radius 2 is 1.97 bits per heavy atom. The highest BCUT2D eigenvalue weighted by Crippen LogP contribution is 2.37. The number of hydrogen-bond donors (Lipinski definition) is 2. The van der Waals surface area contributed by atoms with Crippen molar-refractivity contribution < 1.29 is 23.4 Å². The van der Waals surface area contributed by atoms with Crippen LogP contribution in [0.4, 0.5) is 13.6 Å². The van der Waals surface area contributed by atoms with Gasteiger partial charge in [-0.15, -0.1) is 0 Å². The number of H-pyrrole nitrogens is 1. The number of imidazole rings is 1. The van der Waals surface area contributed by atoms with Crippen LogP contribution in [0, 0.1) is 11.6 Å². The summed E-state index contributed by atoms with van der Waals surface area (Å²) in [6, 6.07) is 8.97. The zero-order chi connectivity index (χ0) is 26.6. The van der Waals surface area contributed by atoms with Crippen molar-refractivity contribution in [1.82, 2.24) is 29.5 Å². The Balaban J connectivity index is 1.38. The lowest BCUT2D eigenvalue weighted by molar-refractivity contribution is 0.143. The fourth-order valence-electron chi connectivity index (χ4n) is 5.59. The number of rotatable bonds is 5. The van der Waals surface area contributed by atoms with E-state index in [0.717, 1.165) is 54.3 Å². The summed E-state index contributed by atoms with van der Waals surface area (Å²) in [5.41, 5.74) is 3.50. The Kier molecular flexibility index (Phi) is 6.02. The van der Waals surface area contributed by atoms with Gasteiger partial charge in [0.05, 0.1) is 30.0 Å². The highest BCUT2D eigenvalue weighted by atomic mass is 19.1. The van der Waals surface area contributed by atoms with Crippen LogP contribution in [0.5, 0.6) is 5.75 Å². The van der Waals surface area contributed by atoms with Gasteiger partial charge < -0.3 is 19.3 Å². The number of benzene rings is 2. The lowest BCUT2D eigenvalue weighted by Gasteiger charge is -2.32. The van der Waals surface area contributed by atoms with Gasteiger partial charge in [0.1, 0.15) is 29.2 Å². The van der Waals surface area contributed by atoms with E-state index in [1.165, 1.54) is 17.0 Å². The summed E-state index contributed by atoms with van der Waals surface area (Å²) in [5, 5.41) is 18.0. The van der Waals surface area contributed by atoms with Crippen molar-refractivity contribution in [3.05, 3.63) is 65.0 Å². The van der Waals surface area contributed by atoms with Gasteiger partial charge in [-0.2, -0.15) is 5.10 Å². The number of amides is 1. The molecular weight excluding hydrogens is 494 g/mol. The van der Waals surface area contributed by atoms with Crippen LogP contribution in [0.2, 0.25) is 0 Å². The Morgan fingerprint density at radius 3 is 2.71 bits per heavy atom. The van der Waals surface area contributed by atoms with Gasteiger partial charge in [0.25, 0.3) is 0 Å². The molecule has 38 heavy (non-hydrogen) atoms. The number of fused-ring (bicyclic) bond motifs is 2. The number of aromatic nitrogens is 4. The van der Waals surface area contributed by atoms with E-state index in [0.29, 0.717) is 22.8 Å². The number of nitrogens with one attached hydrogen (secondary N) is 1. The van der Waals surface area contributed by atoms with Gasteiger partial charge in [0.15, 0.2) is 5.82 Å². The topological polar surface area (TPSA) is 99.5 Å². The Labute approximate surface area is 217 Å². The number of carbonyl (C=O) groups is 1. The Morgan fingerprint density at radius 1 is 1.18 bits per heavy atom. The summed E-state index contributed by atoms with van der Waals surface area (Å²) in [6.07, 6.45) is 0.453. The van der Waals surface area contributed by atoms with Crippen molar-refractivity contribution >= 4 is 17.0 Å². The van der Waals surface area contributed by atoms with E-state index in [1.807, 2.05) is 12.1 Å². The molecule has 0 radical (unpaired) electrons. The van der Waals surface area contributed by atoms with Gasteiger partial charge in [-0.1, -0.05) is 0 Å². The number of halogens is 2. The number of likely N-dealkylation sites (N-methyl/N-ethyl adjacent to an activating group) is 1. The number of aromatic amines is 1. The molecule has 4 heterocycles. The first kappa shape index (κ1) is 24.4. The van der Waals surface area contributed by atoms with E-state index in [4.69, 9.17) is 9.72 Å². The number of nitrogens with zero attached hydrogens (tertiary/aromatic N) is 5. The van der Waals surface area contributed by atoms with Crippen LogP contribution in [0.25, 0.3) is 22.4 Å². The molecule has 2 aromatic carbocycles. The van der Waals surface area contributed by atoms with Crippen LogP contribution < -0.4 is 4.74 Å². The maximum atomic E-state index is 13.7. The van der Waals surface area contributed by atoms with Crippen molar-refractivity contribution in [3.63, 3.8) is 0 Å². The van der Waals surface area contributed by atoms with E-state index < -0.39 is 23.8 Å². The van der Waals surface area contributed by atoms with E-state index in [2.05, 4.69) is 26.7 Å². The summed E-state index contributed by atoms with van der Waals surface area (Å²) in [5.74, 6) is -0.0862. The lowest BCUT2D eigenvalue weighted by Crippen LogP contribution is -2.35. The molecule has 2 N–H and O–H groups in total. The maximum absolute atomic E-state index is 13.7. The second-order valence-corrected chi connectivity index (χ2v) is 10.1. The number of piperidine rings is 1. The number of carboxylic acid groups (broad SMARTS) is 1. The molecule has 2 atom stereocenters. The molecule has 1 fully saturated rings. The number of ether oxygens (including phenoxy) is 1. The van der Waals surface area contributed by atoms with Gasteiger partial charge in [-0.25, -0.2) is 18.6 Å². The van der Waals surface area contributed by atoms with Crippen molar-refractivity contribution in [2.75, 3.05) is 20.1 Å². The molecule has 2 aliphatic rings. The zero-order valence-corrected chi connectivity index (χ0v) is 21.1. The van der Waals surface area contributed by atoms with Crippen molar-refractivity contribution in [3.8, 4) is 17.3 Å². The third-order valence-electron chi connectivity index (χ3n) is 7.42. The summed E-state index contributed by atoms with van der Waals surface area (Å²) in [6.45, 7) is 4.12. The second-order valence-electron chi connectivity index (χ2n) is 10.1. The summed E-state index contributed by atoms with van der Waals surface area (Å²) < 4.78 is 35.7. The highest BCUT2D eigenvalue weighted by molar-refractivity contribution is 5.92. The van der Waals surface area contributed by atoms with E-state index in [9.17, 15) is 18.7 Å². The normalized spacial score (nSPS) is 18.6. The predicted molar refractivity (Wildman–Crippen MR) is 136 cm³/mol. The quantitative estimate of drug-likeness (QED) is 0.378. The van der Waals surface area contributed by atoms with E-state index in [1.54, 1.807) is 13.0 Å². The van der Waals surface area contributed by atoms with Crippen molar-refractivity contribution in [2.24, 2.45) is 0 Å². The maximum Gasteiger partial charge on any atom is 0.408 e. The molecule has 11 heteroatoms. The molecule has 6 rings (SSSR count). The molecule has 1 amide bonds. The van der Waals surface area contributed by atoms with Crippen LogP contribution in [0.15, 0.2) is 36.4 Å². The van der Waals surface area contributed by atoms with Gasteiger partial charge in [0, 0.05) is 24.0 Å². The Hall–Kier alpha value is -3.99. The third kappa shape index (κ3) is 4.36. The van der Waals surface area contributed by atoms with Crippen molar-refractivity contribution in [1.29, 1.82) is 0 Å². The highest BCUT2D eigenvalue weighted by Gasteiger charge is 2.34. The van der Waals surface area contributed by atoms with Crippen LogP contribution in [-0.4, -0.2) is 60.9 Å². The monoisotopic (exact) mass is 522 g/mol. The first-order valence-electron chi connectivity index (χ1n) is 12.6. The summed E-state index contributed by atoms with van der Waals surface area (Å²) >= 11 is 0. The average Bonchev–Trinajstić information content (AvgIpc) is 3.55. The van der Waals surface area contributed by atoms with Crippen LogP contribution in [-0.2, 0) is 13.1 Å². The summed E-state index contributed by atoms with van der Waals surface area (Å²) in [4.78, 5) is 20.2. The molecule has 2 aromatic heterocycles. The average molecular weight is 523 g/mol. The molecule has 4 aromatic rings. The first-order valence-corrected chi connectivity index (χ1v) is 12.6. The van der Waals surface area contributed by atoms with Gasteiger partial charge >= 0.3 is 6.09 Å². The van der Waals surface area contributed by atoms with Crippen LogP contribution in [0.3, 0.4) is 0 Å². The smallest absolute Gasteiger partial charge is 0.408 e. The fourth-order valence-corrected chi connectivity index (χ4v) is 5.59. The molecule has 2 aliphatic heterocycles. The first-order chi connectivity index (χ1) is 18.3. The molecule has 0 aliphatic carbocycles. The summed E-state index contributed by atoms with van der Waals surface area (Å²) in [7, 11) is 2.09. The van der Waals surface area contributed by atoms with Gasteiger partial charge in [0.2, 0.25) is 0 Å². The molecule has 1 saturated heterocycles. The molecule has 0 saturated carbocycles. The second kappa shape index (κ2) is 9.39. The minimum Gasteiger partial charge on any atom is -0.486 e. The van der Waals surface area contributed by atoms with Crippen LogP contribution >= 0.6 is 0 Å². The number of hydrogen-bond acceptors (Lipinski definition) is 5. The van der Waals surface area contributed by atoms with E-state index >= 15 is 0 Å². The largest absolute Gasteiger partial charge is 0.486 e. The van der Waals surface area contributed by atoms with Crippen LogP contribution in [0.1, 0.15) is 48.9 Å². The predicted octanol–water partition coefficient (Wildman–Crippen LogP) is 5.10. The van der Waals surface area contributed by atoms with E-state index in [-0.39, 0.29) is 19.1 Å². The standard InChI is InChI=1S/C27H28F2N6O3/c1-15(16-8-17(28)10-18(29)9-16)38-20-5-6-22-21(11-20)25(32-31-22)26-30-23-13-34(27(36)37)14-24(23)35(26)19-4-3-7-33(2)12-19/h5-6,8-11,15,19H,3-4,7,12-14H2,1-2H3,(H,31,32)(H,36,37). The molecule has 0 bridgehead atoms. The molecule has 198 valence electrons. The molecule has 0 spiro atoms.